The topological polar surface area (TPSA) is 54.3 Å². The first kappa shape index (κ1) is 16.5. The number of halogens is 2. The highest BCUT2D eigenvalue weighted by molar-refractivity contribution is 5.74. The van der Waals surface area contributed by atoms with E-state index in [1.54, 1.807) is 17.0 Å². The summed E-state index contributed by atoms with van der Waals surface area (Å²) < 4.78 is 28.3. The van der Waals surface area contributed by atoms with Crippen molar-refractivity contribution >= 4 is 6.03 Å². The summed E-state index contributed by atoms with van der Waals surface area (Å²) in [6, 6.07) is 5.00. The fraction of sp³-hybridized carbons (Fsp3) is 0.667. The number of carbonyl (C=O) groups excluding carboxylic acids is 1. The second-order valence-corrected chi connectivity index (χ2v) is 7.68. The molecule has 25 heavy (non-hydrogen) atoms. The second-order valence-electron chi connectivity index (χ2n) is 7.68. The number of alkyl halides is 2. The van der Waals surface area contributed by atoms with Crippen LogP contribution in [0.15, 0.2) is 23.0 Å². The summed E-state index contributed by atoms with van der Waals surface area (Å²) in [5.74, 6) is -2.14. The molecule has 1 aromatic rings. The summed E-state index contributed by atoms with van der Waals surface area (Å²) in [5.41, 5.74) is 1.02. The van der Waals surface area contributed by atoms with Gasteiger partial charge >= 0.3 is 6.03 Å². The molecule has 5 nitrogen and oxygen atoms in total. The zero-order valence-electron chi connectivity index (χ0n) is 14.1. The van der Waals surface area contributed by atoms with Crippen molar-refractivity contribution in [3.63, 3.8) is 0 Å². The number of aromatic nitrogens is 1. The van der Waals surface area contributed by atoms with Gasteiger partial charge in [-0.15, -0.1) is 0 Å². The molecule has 2 amide bonds. The van der Waals surface area contributed by atoms with Crippen LogP contribution in [0.5, 0.6) is 0 Å². The number of piperidine rings is 1. The van der Waals surface area contributed by atoms with E-state index in [-0.39, 0.29) is 42.3 Å². The van der Waals surface area contributed by atoms with Crippen molar-refractivity contribution in [2.75, 3.05) is 13.1 Å². The first-order chi connectivity index (χ1) is 11.9. The van der Waals surface area contributed by atoms with E-state index in [4.69, 9.17) is 0 Å². The largest absolute Gasteiger partial charge is 0.335 e. The third-order valence-corrected chi connectivity index (χ3v) is 5.81. The maximum Gasteiger partial charge on any atom is 0.317 e. The zero-order chi connectivity index (χ0) is 17.6. The predicted molar refractivity (Wildman–Crippen MR) is 88.9 cm³/mol. The van der Waals surface area contributed by atoms with E-state index in [9.17, 15) is 18.4 Å². The van der Waals surface area contributed by atoms with Crippen LogP contribution < -0.4 is 10.9 Å². The zero-order valence-corrected chi connectivity index (χ0v) is 14.1. The highest BCUT2D eigenvalue weighted by atomic mass is 19.3. The van der Waals surface area contributed by atoms with Gasteiger partial charge in [0.05, 0.1) is 0 Å². The number of hydrogen-bond donors (Lipinski definition) is 1. The molecule has 0 radical (unpaired) electrons. The number of urea groups is 1. The normalized spacial score (nSPS) is 28.3. The monoisotopic (exact) mass is 351 g/mol. The molecule has 1 aromatic heterocycles. The molecule has 1 aliphatic carbocycles. The number of fused-ring (bicyclic) bond motifs is 4. The van der Waals surface area contributed by atoms with Gasteiger partial charge in [0.1, 0.15) is 0 Å². The van der Waals surface area contributed by atoms with E-state index in [1.165, 1.54) is 0 Å². The van der Waals surface area contributed by atoms with Gasteiger partial charge in [0.25, 0.3) is 5.56 Å². The minimum absolute atomic E-state index is 0.0215. The molecule has 3 aliphatic rings. The van der Waals surface area contributed by atoms with E-state index >= 15 is 0 Å². The summed E-state index contributed by atoms with van der Waals surface area (Å²) in [7, 11) is 0. The van der Waals surface area contributed by atoms with E-state index in [2.05, 4.69) is 5.32 Å². The third kappa shape index (κ3) is 3.28. The number of amides is 2. The van der Waals surface area contributed by atoms with Crippen LogP contribution in [0, 0.1) is 5.92 Å². The Hall–Kier alpha value is -1.92. The van der Waals surface area contributed by atoms with Crippen LogP contribution in [0.3, 0.4) is 0 Å². The van der Waals surface area contributed by atoms with Gasteiger partial charge in [-0.3, -0.25) is 4.79 Å². The number of nitrogens with zero attached hydrogens (tertiary/aromatic N) is 2. The fourth-order valence-corrected chi connectivity index (χ4v) is 4.51. The van der Waals surface area contributed by atoms with Gasteiger partial charge in [-0.25, -0.2) is 13.6 Å². The first-order valence-electron chi connectivity index (χ1n) is 9.04. The maximum atomic E-state index is 13.2. The molecule has 1 N–H and O–H groups in total. The van der Waals surface area contributed by atoms with Gasteiger partial charge in [0.15, 0.2) is 0 Å². The summed E-state index contributed by atoms with van der Waals surface area (Å²) in [5, 5.41) is 2.94. The maximum absolute atomic E-state index is 13.2. The number of nitrogens with one attached hydrogen (secondary N) is 1. The van der Waals surface area contributed by atoms with E-state index < -0.39 is 5.92 Å². The van der Waals surface area contributed by atoms with Gasteiger partial charge < -0.3 is 14.8 Å². The predicted octanol–water partition coefficient (Wildman–Crippen LogP) is 2.55. The molecule has 3 heterocycles. The van der Waals surface area contributed by atoms with Crippen LogP contribution in [0.1, 0.15) is 43.7 Å². The van der Waals surface area contributed by atoms with Crippen molar-refractivity contribution in [1.29, 1.82) is 0 Å². The molecular formula is C18H23F2N3O2. The Kier molecular flexibility index (Phi) is 4.04. The molecule has 0 unspecified atom stereocenters. The lowest BCUT2D eigenvalue weighted by molar-refractivity contribution is -0.0399. The fourth-order valence-electron chi connectivity index (χ4n) is 4.51. The standard InChI is InChI=1S/C18H23F2N3O2/c19-18(20)6-4-14(5-7-18)21-17(25)22-9-12-8-13(11-22)15-2-1-3-16(24)23(15)10-12/h1-3,12-14H,4-11H2,(H,21,25)/t12-,13+/m0/s1. The second kappa shape index (κ2) is 6.11. The SMILES string of the molecule is O=C(NC1CCC(F)(F)CC1)N1C[C@@H]2C[C@H](C1)c1cccc(=O)n1C2. The molecule has 2 atom stereocenters. The minimum Gasteiger partial charge on any atom is -0.335 e. The highest BCUT2D eigenvalue weighted by Crippen LogP contribution is 2.36. The molecule has 2 aliphatic heterocycles. The van der Waals surface area contributed by atoms with Gasteiger partial charge in [0, 0.05) is 56.2 Å². The van der Waals surface area contributed by atoms with E-state index in [0.717, 1.165) is 12.1 Å². The van der Waals surface area contributed by atoms with Crippen molar-refractivity contribution in [2.24, 2.45) is 5.92 Å². The van der Waals surface area contributed by atoms with Gasteiger partial charge in [0.2, 0.25) is 5.92 Å². The van der Waals surface area contributed by atoms with Crippen molar-refractivity contribution in [3.05, 3.63) is 34.2 Å². The number of hydrogen-bond acceptors (Lipinski definition) is 2. The molecular weight excluding hydrogens is 328 g/mol. The third-order valence-electron chi connectivity index (χ3n) is 5.81. The Morgan fingerprint density at radius 3 is 2.68 bits per heavy atom. The number of rotatable bonds is 1. The van der Waals surface area contributed by atoms with Crippen LogP contribution in [-0.4, -0.2) is 40.6 Å². The summed E-state index contributed by atoms with van der Waals surface area (Å²) in [6.07, 6.45) is 1.34. The lowest BCUT2D eigenvalue weighted by atomic mass is 9.83. The molecule has 2 fully saturated rings. The average molecular weight is 351 g/mol. The summed E-state index contributed by atoms with van der Waals surface area (Å²) >= 11 is 0. The Bertz CT molecular complexity index is 723. The van der Waals surface area contributed by atoms with E-state index in [1.807, 2.05) is 10.6 Å². The molecule has 7 heteroatoms. The minimum atomic E-state index is -2.58. The molecule has 2 bridgehead atoms. The van der Waals surface area contributed by atoms with Crippen LogP contribution in [-0.2, 0) is 6.54 Å². The van der Waals surface area contributed by atoms with Crippen LogP contribution >= 0.6 is 0 Å². The highest BCUT2D eigenvalue weighted by Gasteiger charge is 2.38. The average Bonchev–Trinajstić information content (AvgIpc) is 2.57. The van der Waals surface area contributed by atoms with E-state index in [0.29, 0.717) is 32.5 Å². The Morgan fingerprint density at radius 2 is 1.92 bits per heavy atom. The Morgan fingerprint density at radius 1 is 1.16 bits per heavy atom. The Labute approximate surface area is 145 Å². The molecule has 0 aromatic carbocycles. The van der Waals surface area contributed by atoms with Crippen LogP contribution in [0.4, 0.5) is 13.6 Å². The van der Waals surface area contributed by atoms with Gasteiger partial charge in [-0.1, -0.05) is 6.07 Å². The van der Waals surface area contributed by atoms with Gasteiger partial charge in [-0.2, -0.15) is 0 Å². The molecule has 4 rings (SSSR count). The number of likely N-dealkylation sites (tertiary alicyclic amines) is 1. The van der Waals surface area contributed by atoms with Gasteiger partial charge in [-0.05, 0) is 31.2 Å². The quantitative estimate of drug-likeness (QED) is 0.845. The van der Waals surface area contributed by atoms with Crippen molar-refractivity contribution in [1.82, 2.24) is 14.8 Å². The van der Waals surface area contributed by atoms with Crippen molar-refractivity contribution in [3.8, 4) is 0 Å². The summed E-state index contributed by atoms with van der Waals surface area (Å²) in [4.78, 5) is 26.4. The van der Waals surface area contributed by atoms with Crippen molar-refractivity contribution < 1.29 is 13.6 Å². The lowest BCUT2D eigenvalue weighted by Gasteiger charge is -2.43. The smallest absolute Gasteiger partial charge is 0.317 e. The Balaban J connectivity index is 1.42. The number of pyridine rings is 1. The summed E-state index contributed by atoms with van der Waals surface area (Å²) in [6.45, 7) is 1.84. The molecule has 0 spiro atoms. The van der Waals surface area contributed by atoms with Crippen molar-refractivity contribution in [2.45, 2.75) is 56.5 Å². The molecule has 1 saturated carbocycles. The number of carbonyl (C=O) groups is 1. The molecule has 1 saturated heterocycles. The first-order valence-corrected chi connectivity index (χ1v) is 9.04. The van der Waals surface area contributed by atoms with Crippen LogP contribution in [0.2, 0.25) is 0 Å². The molecule has 136 valence electrons. The lowest BCUT2D eigenvalue weighted by Crippen LogP contribution is -2.54. The van der Waals surface area contributed by atoms with Crippen LogP contribution in [0.25, 0.3) is 0 Å².